The van der Waals surface area contributed by atoms with Crippen molar-refractivity contribution in [2.75, 3.05) is 26.5 Å². The first kappa shape index (κ1) is 23.0. The first-order chi connectivity index (χ1) is 12.1. The Balaban J connectivity index is 3.78. The molecule has 0 aliphatic heterocycles. The van der Waals surface area contributed by atoms with E-state index in [0.717, 1.165) is 0 Å². The lowest BCUT2D eigenvalue weighted by Crippen LogP contribution is -2.39. The zero-order valence-corrected chi connectivity index (χ0v) is 15.1. The van der Waals surface area contributed by atoms with Gasteiger partial charge in [-0.1, -0.05) is 13.2 Å². The molecule has 0 aromatic rings. The lowest BCUT2D eigenvalue weighted by Gasteiger charge is -2.14. The van der Waals surface area contributed by atoms with Crippen LogP contribution in [0, 0.1) is 0 Å². The largest absolute Gasteiger partial charge is 0.459 e. The molecule has 0 saturated heterocycles. The van der Waals surface area contributed by atoms with E-state index in [1.54, 1.807) is 0 Å². The van der Waals surface area contributed by atoms with Crippen molar-refractivity contribution in [2.45, 2.75) is 26.9 Å². The molecule has 0 aromatic heterocycles. The number of nitrogens with one attached hydrogen (secondary N) is 2. The van der Waals surface area contributed by atoms with Crippen LogP contribution in [0.5, 0.6) is 0 Å². The van der Waals surface area contributed by atoms with E-state index >= 15 is 0 Å². The number of carbonyl (C=O) groups is 4. The molecule has 1 atom stereocenters. The summed E-state index contributed by atoms with van der Waals surface area (Å²) in [5, 5.41) is 4.49. The van der Waals surface area contributed by atoms with Gasteiger partial charge in [0.05, 0.1) is 6.67 Å². The van der Waals surface area contributed by atoms with E-state index in [-0.39, 0.29) is 37.6 Å². The second-order valence-electron chi connectivity index (χ2n) is 5.18. The van der Waals surface area contributed by atoms with Gasteiger partial charge in [0, 0.05) is 11.1 Å². The zero-order valence-electron chi connectivity index (χ0n) is 15.1. The van der Waals surface area contributed by atoms with Crippen LogP contribution in [0.4, 0.5) is 9.59 Å². The average Bonchev–Trinajstić information content (AvgIpc) is 2.55. The van der Waals surface area contributed by atoms with Crippen molar-refractivity contribution in [3.8, 4) is 0 Å². The number of amides is 2. The van der Waals surface area contributed by atoms with Crippen molar-refractivity contribution in [3.05, 3.63) is 24.3 Å². The van der Waals surface area contributed by atoms with Gasteiger partial charge in [-0.15, -0.1) is 0 Å². The second-order valence-corrected chi connectivity index (χ2v) is 5.18. The van der Waals surface area contributed by atoms with E-state index in [9.17, 15) is 19.2 Å². The Morgan fingerprint density at radius 1 is 0.846 bits per heavy atom. The quantitative estimate of drug-likeness (QED) is 0.191. The molecule has 0 spiro atoms. The third kappa shape index (κ3) is 11.5. The van der Waals surface area contributed by atoms with E-state index in [4.69, 9.17) is 18.9 Å². The van der Waals surface area contributed by atoms with Gasteiger partial charge < -0.3 is 29.6 Å². The lowest BCUT2D eigenvalue weighted by molar-refractivity contribution is -0.141. The van der Waals surface area contributed by atoms with Gasteiger partial charge in [0.25, 0.3) is 0 Å². The van der Waals surface area contributed by atoms with E-state index in [0.29, 0.717) is 0 Å². The van der Waals surface area contributed by atoms with E-state index in [2.05, 4.69) is 23.8 Å². The molecule has 10 nitrogen and oxygen atoms in total. The molecular formula is C16H24N2O8. The van der Waals surface area contributed by atoms with Crippen LogP contribution in [-0.2, 0) is 28.5 Å². The Kier molecular flexibility index (Phi) is 10.9. The number of hydrogen-bond acceptors (Lipinski definition) is 8. The van der Waals surface area contributed by atoms with Crippen molar-refractivity contribution >= 4 is 24.1 Å². The molecule has 0 saturated carbocycles. The third-order valence-electron chi connectivity index (χ3n) is 2.47. The fraction of sp³-hybridized carbons (Fsp3) is 0.500. The van der Waals surface area contributed by atoms with Crippen molar-refractivity contribution in [3.63, 3.8) is 0 Å². The summed E-state index contributed by atoms with van der Waals surface area (Å²) < 4.78 is 19.1. The van der Waals surface area contributed by atoms with E-state index in [1.165, 1.54) is 20.8 Å². The number of hydrogen-bond donors (Lipinski definition) is 2. The smallest absolute Gasteiger partial charge is 0.408 e. The van der Waals surface area contributed by atoms with Crippen molar-refractivity contribution in [2.24, 2.45) is 0 Å². The molecule has 0 radical (unpaired) electrons. The highest BCUT2D eigenvalue weighted by molar-refractivity contribution is 5.87. The summed E-state index contributed by atoms with van der Waals surface area (Å²) in [6.07, 6.45) is -2.33. The van der Waals surface area contributed by atoms with Crippen molar-refractivity contribution in [1.29, 1.82) is 0 Å². The summed E-state index contributed by atoms with van der Waals surface area (Å²) in [4.78, 5) is 45.0. The summed E-state index contributed by atoms with van der Waals surface area (Å²) in [5.74, 6) is -1.17. The van der Waals surface area contributed by atoms with Crippen molar-refractivity contribution < 1.29 is 38.1 Å². The Hall–Kier alpha value is -3.04. The topological polar surface area (TPSA) is 129 Å². The van der Waals surface area contributed by atoms with Gasteiger partial charge in [0.15, 0.2) is 0 Å². The molecule has 2 amide bonds. The fourth-order valence-electron chi connectivity index (χ4n) is 1.21. The summed E-state index contributed by atoms with van der Waals surface area (Å²) in [7, 11) is 0. The minimum absolute atomic E-state index is 0.116. The first-order valence-electron chi connectivity index (χ1n) is 7.63. The highest BCUT2D eigenvalue weighted by Gasteiger charge is 2.12. The summed E-state index contributed by atoms with van der Waals surface area (Å²) in [6, 6.07) is 0. The minimum Gasteiger partial charge on any atom is -0.459 e. The molecule has 0 aliphatic rings. The lowest BCUT2D eigenvalue weighted by atomic mass is 10.3. The Labute approximate surface area is 151 Å². The van der Waals surface area contributed by atoms with Crippen LogP contribution in [0.25, 0.3) is 0 Å². The van der Waals surface area contributed by atoms with Gasteiger partial charge in [-0.05, 0) is 20.8 Å². The molecule has 146 valence electrons. The third-order valence-corrected chi connectivity index (χ3v) is 2.47. The first-order valence-corrected chi connectivity index (χ1v) is 7.63. The maximum absolute atomic E-state index is 11.5. The monoisotopic (exact) mass is 372 g/mol. The Morgan fingerprint density at radius 3 is 1.92 bits per heavy atom. The number of carbonyl (C=O) groups excluding carboxylic acids is 4. The van der Waals surface area contributed by atoms with Crippen LogP contribution in [0.1, 0.15) is 20.8 Å². The molecule has 26 heavy (non-hydrogen) atoms. The fourth-order valence-corrected chi connectivity index (χ4v) is 1.21. The molecule has 0 rings (SSSR count). The Bertz CT molecular complexity index is 558. The highest BCUT2D eigenvalue weighted by atomic mass is 16.6. The van der Waals surface area contributed by atoms with Gasteiger partial charge in [-0.2, -0.15) is 0 Å². The predicted molar refractivity (Wildman–Crippen MR) is 90.0 cm³/mol. The molecule has 0 aliphatic carbocycles. The number of rotatable bonds is 10. The Morgan fingerprint density at radius 2 is 1.35 bits per heavy atom. The van der Waals surface area contributed by atoms with Gasteiger partial charge in [0.1, 0.15) is 25.9 Å². The average molecular weight is 372 g/mol. The van der Waals surface area contributed by atoms with Crippen LogP contribution in [0.15, 0.2) is 24.3 Å². The molecule has 10 heteroatoms. The summed E-state index contributed by atoms with van der Waals surface area (Å²) >= 11 is 0. The number of ether oxygens (including phenoxy) is 4. The van der Waals surface area contributed by atoms with Gasteiger partial charge in [-0.25, -0.2) is 19.2 Å². The van der Waals surface area contributed by atoms with Crippen LogP contribution < -0.4 is 10.6 Å². The summed E-state index contributed by atoms with van der Waals surface area (Å²) in [6.45, 7) is 10.7. The van der Waals surface area contributed by atoms with Crippen LogP contribution >= 0.6 is 0 Å². The molecule has 0 heterocycles. The molecule has 0 aromatic carbocycles. The van der Waals surface area contributed by atoms with Gasteiger partial charge in [0.2, 0.25) is 0 Å². The minimum atomic E-state index is -0.820. The second kappa shape index (κ2) is 12.3. The van der Waals surface area contributed by atoms with E-state index < -0.39 is 30.2 Å². The molecule has 0 bridgehead atoms. The van der Waals surface area contributed by atoms with Crippen LogP contribution in [-0.4, -0.2) is 56.7 Å². The van der Waals surface area contributed by atoms with Gasteiger partial charge >= 0.3 is 24.1 Å². The number of esters is 2. The molecule has 0 fully saturated rings. The molecule has 1 unspecified atom stereocenters. The van der Waals surface area contributed by atoms with Gasteiger partial charge in [-0.3, -0.25) is 0 Å². The van der Waals surface area contributed by atoms with Crippen LogP contribution in [0.3, 0.4) is 0 Å². The van der Waals surface area contributed by atoms with Crippen LogP contribution in [0.2, 0.25) is 0 Å². The normalized spacial score (nSPS) is 10.7. The predicted octanol–water partition coefficient (Wildman–Crippen LogP) is 1.02. The zero-order chi connectivity index (χ0) is 20.1. The maximum Gasteiger partial charge on any atom is 0.408 e. The van der Waals surface area contributed by atoms with E-state index in [1.807, 2.05) is 0 Å². The molecule has 2 N–H and O–H groups in total. The molecular weight excluding hydrogens is 348 g/mol. The number of alkyl carbamates (subject to hydrolysis) is 2. The standard InChI is InChI=1S/C16H24N2O8/c1-10(2)13(19)23-6-7-24-15(21)17-9-18-16(22)26-12(5)8-25-14(20)11(3)4/h12H,1,3,6-9H2,2,4-5H3,(H,17,21)(H,18,22). The summed E-state index contributed by atoms with van der Waals surface area (Å²) in [5.41, 5.74) is 0.472. The maximum atomic E-state index is 11.5. The SMILES string of the molecule is C=C(C)C(=O)OCCOC(=O)NCNC(=O)OC(C)COC(=O)C(=C)C. The van der Waals surface area contributed by atoms with Crippen molar-refractivity contribution in [1.82, 2.24) is 10.6 Å². The highest BCUT2D eigenvalue weighted by Crippen LogP contribution is 1.97.